The van der Waals surface area contributed by atoms with E-state index < -0.39 is 23.3 Å². The standard InChI is InChI=1S/C22H24N2O6/c1-14(2)29-19(20(23)25)13-15-7-9-16(10-8-15)28-12-11-24-21(26)17-5-3-4-6-18(17)30-22(24)27/h3-10,14,19H,11-13H2,1-2H3,(H2,23,25). The van der Waals surface area contributed by atoms with Gasteiger partial charge in [0.2, 0.25) is 5.91 Å². The van der Waals surface area contributed by atoms with Crippen molar-refractivity contribution in [1.82, 2.24) is 4.57 Å². The van der Waals surface area contributed by atoms with Gasteiger partial charge in [0.15, 0.2) is 0 Å². The first-order chi connectivity index (χ1) is 14.3. The molecule has 3 aromatic rings. The van der Waals surface area contributed by atoms with E-state index in [0.717, 1.165) is 10.1 Å². The van der Waals surface area contributed by atoms with Gasteiger partial charge in [-0.25, -0.2) is 9.36 Å². The number of nitrogens with zero attached hydrogens (tertiary/aromatic N) is 1. The first kappa shape index (κ1) is 21.3. The predicted molar refractivity (Wildman–Crippen MR) is 112 cm³/mol. The van der Waals surface area contributed by atoms with E-state index in [9.17, 15) is 14.4 Å². The molecule has 1 atom stereocenters. The number of primary amides is 1. The van der Waals surface area contributed by atoms with Gasteiger partial charge in [-0.05, 0) is 43.7 Å². The lowest BCUT2D eigenvalue weighted by atomic mass is 10.1. The Labute approximate surface area is 172 Å². The highest BCUT2D eigenvalue weighted by atomic mass is 16.5. The Morgan fingerprint density at radius 1 is 1.10 bits per heavy atom. The quantitative estimate of drug-likeness (QED) is 0.574. The number of hydrogen-bond acceptors (Lipinski definition) is 6. The van der Waals surface area contributed by atoms with E-state index in [-0.39, 0.29) is 24.8 Å². The van der Waals surface area contributed by atoms with Gasteiger partial charge in [0, 0.05) is 6.42 Å². The smallest absolute Gasteiger partial charge is 0.422 e. The Balaban J connectivity index is 1.62. The van der Waals surface area contributed by atoms with Crippen LogP contribution in [0.1, 0.15) is 19.4 Å². The second-order valence-electron chi connectivity index (χ2n) is 7.09. The van der Waals surface area contributed by atoms with Crippen molar-refractivity contribution < 1.29 is 18.7 Å². The second-order valence-corrected chi connectivity index (χ2v) is 7.09. The lowest BCUT2D eigenvalue weighted by Crippen LogP contribution is -2.35. The van der Waals surface area contributed by atoms with Gasteiger partial charge in [-0.15, -0.1) is 0 Å². The Morgan fingerprint density at radius 2 is 1.80 bits per heavy atom. The van der Waals surface area contributed by atoms with Crippen LogP contribution in [-0.4, -0.2) is 29.3 Å². The van der Waals surface area contributed by atoms with Crippen molar-refractivity contribution in [2.45, 2.75) is 39.0 Å². The molecule has 158 valence electrons. The number of ether oxygens (including phenoxy) is 2. The van der Waals surface area contributed by atoms with Crippen LogP contribution in [0, 0.1) is 0 Å². The third-order valence-electron chi connectivity index (χ3n) is 4.46. The minimum absolute atomic E-state index is 0.0553. The van der Waals surface area contributed by atoms with Gasteiger partial charge in [-0.3, -0.25) is 9.59 Å². The predicted octanol–water partition coefficient (Wildman–Crippen LogP) is 1.86. The van der Waals surface area contributed by atoms with Crippen LogP contribution in [-0.2, 0) is 22.5 Å². The molecule has 0 aliphatic heterocycles. The van der Waals surface area contributed by atoms with Crippen molar-refractivity contribution in [2.75, 3.05) is 6.61 Å². The summed E-state index contributed by atoms with van der Waals surface area (Å²) in [6.45, 7) is 3.85. The van der Waals surface area contributed by atoms with E-state index in [1.807, 2.05) is 26.0 Å². The minimum atomic E-state index is -0.722. The molecule has 2 aromatic carbocycles. The molecule has 0 saturated heterocycles. The normalized spacial score (nSPS) is 12.2. The van der Waals surface area contributed by atoms with Gasteiger partial charge in [-0.1, -0.05) is 24.3 Å². The maximum absolute atomic E-state index is 12.5. The Hall–Kier alpha value is -3.39. The van der Waals surface area contributed by atoms with E-state index in [1.54, 1.807) is 36.4 Å². The van der Waals surface area contributed by atoms with E-state index in [4.69, 9.17) is 19.6 Å². The molecule has 0 fully saturated rings. The summed E-state index contributed by atoms with van der Waals surface area (Å²) in [5.74, 6) is -0.665. The molecule has 0 aliphatic rings. The number of nitrogens with two attached hydrogens (primary N) is 1. The van der Waals surface area contributed by atoms with Gasteiger partial charge >= 0.3 is 5.76 Å². The van der Waals surface area contributed by atoms with E-state index >= 15 is 0 Å². The fourth-order valence-electron chi connectivity index (χ4n) is 3.04. The number of rotatable bonds is 9. The van der Waals surface area contributed by atoms with Crippen LogP contribution in [0.15, 0.2) is 62.5 Å². The zero-order valence-electron chi connectivity index (χ0n) is 16.9. The fraction of sp³-hybridized carbons (Fsp3) is 0.318. The van der Waals surface area contributed by atoms with Gasteiger partial charge in [0.25, 0.3) is 5.56 Å². The topological polar surface area (TPSA) is 114 Å². The van der Waals surface area contributed by atoms with Crippen LogP contribution in [0.25, 0.3) is 11.0 Å². The van der Waals surface area contributed by atoms with Crippen molar-refractivity contribution >= 4 is 16.9 Å². The lowest BCUT2D eigenvalue weighted by Gasteiger charge is -2.17. The summed E-state index contributed by atoms with van der Waals surface area (Å²) in [5, 5.41) is 0.342. The SMILES string of the molecule is CC(C)OC(Cc1ccc(OCCn2c(=O)oc3ccccc3c2=O)cc1)C(N)=O. The molecule has 30 heavy (non-hydrogen) atoms. The molecule has 8 heteroatoms. The highest BCUT2D eigenvalue weighted by molar-refractivity contribution is 5.79. The van der Waals surface area contributed by atoms with Crippen LogP contribution in [0.2, 0.25) is 0 Å². The molecular weight excluding hydrogens is 388 g/mol. The van der Waals surface area contributed by atoms with Crippen LogP contribution < -0.4 is 21.8 Å². The molecule has 1 unspecified atom stereocenters. The summed E-state index contributed by atoms with van der Waals surface area (Å²) >= 11 is 0. The van der Waals surface area contributed by atoms with Crippen LogP contribution in [0.4, 0.5) is 0 Å². The number of aromatic nitrogens is 1. The zero-order valence-corrected chi connectivity index (χ0v) is 16.9. The molecule has 0 radical (unpaired) electrons. The highest BCUT2D eigenvalue weighted by Gasteiger charge is 2.18. The number of carbonyl (C=O) groups excluding carboxylic acids is 1. The summed E-state index contributed by atoms with van der Waals surface area (Å²) in [7, 11) is 0. The Kier molecular flexibility index (Phi) is 6.68. The second kappa shape index (κ2) is 9.41. The third kappa shape index (κ3) is 5.15. The molecule has 1 aromatic heterocycles. The maximum Gasteiger partial charge on any atom is 0.422 e. The molecular formula is C22H24N2O6. The fourth-order valence-corrected chi connectivity index (χ4v) is 3.04. The minimum Gasteiger partial charge on any atom is -0.492 e. The Morgan fingerprint density at radius 3 is 2.47 bits per heavy atom. The van der Waals surface area contributed by atoms with Crippen LogP contribution in [0.3, 0.4) is 0 Å². The third-order valence-corrected chi connectivity index (χ3v) is 4.46. The number of fused-ring (bicyclic) bond motifs is 1. The average molecular weight is 412 g/mol. The number of para-hydroxylation sites is 1. The number of hydrogen-bond donors (Lipinski definition) is 1. The van der Waals surface area contributed by atoms with E-state index in [0.29, 0.717) is 17.6 Å². The van der Waals surface area contributed by atoms with Crippen molar-refractivity contribution in [2.24, 2.45) is 5.73 Å². The average Bonchev–Trinajstić information content (AvgIpc) is 2.70. The molecule has 1 amide bonds. The molecule has 0 spiro atoms. The summed E-state index contributed by atoms with van der Waals surface area (Å²) in [4.78, 5) is 36.1. The highest BCUT2D eigenvalue weighted by Crippen LogP contribution is 2.15. The van der Waals surface area contributed by atoms with Crippen LogP contribution in [0.5, 0.6) is 5.75 Å². The van der Waals surface area contributed by atoms with Crippen molar-refractivity contribution in [3.63, 3.8) is 0 Å². The van der Waals surface area contributed by atoms with E-state index in [2.05, 4.69) is 0 Å². The molecule has 3 rings (SSSR count). The molecule has 0 aliphatic carbocycles. The van der Waals surface area contributed by atoms with Gasteiger partial charge < -0.3 is 19.6 Å². The largest absolute Gasteiger partial charge is 0.492 e. The summed E-state index contributed by atoms with van der Waals surface area (Å²) in [6.07, 6.45) is -0.446. The summed E-state index contributed by atoms with van der Waals surface area (Å²) < 4.78 is 17.4. The molecule has 8 nitrogen and oxygen atoms in total. The molecule has 1 heterocycles. The Bertz CT molecular complexity index is 1130. The zero-order chi connectivity index (χ0) is 21.7. The molecule has 2 N–H and O–H groups in total. The van der Waals surface area contributed by atoms with Crippen molar-refractivity contribution in [3.8, 4) is 5.75 Å². The first-order valence-corrected chi connectivity index (χ1v) is 9.64. The van der Waals surface area contributed by atoms with Crippen molar-refractivity contribution in [1.29, 1.82) is 0 Å². The number of benzene rings is 2. The summed E-state index contributed by atoms with van der Waals surface area (Å²) in [5.41, 5.74) is 6.11. The maximum atomic E-state index is 12.5. The summed E-state index contributed by atoms with van der Waals surface area (Å²) in [6, 6.07) is 13.7. The lowest BCUT2D eigenvalue weighted by molar-refractivity contribution is -0.132. The molecule has 0 saturated carbocycles. The van der Waals surface area contributed by atoms with Gasteiger partial charge in [0.05, 0.1) is 18.0 Å². The van der Waals surface area contributed by atoms with Gasteiger partial charge in [-0.2, -0.15) is 0 Å². The van der Waals surface area contributed by atoms with Gasteiger partial charge in [0.1, 0.15) is 24.0 Å². The monoisotopic (exact) mass is 412 g/mol. The van der Waals surface area contributed by atoms with E-state index in [1.165, 1.54) is 0 Å². The van der Waals surface area contributed by atoms with Crippen LogP contribution >= 0.6 is 0 Å². The first-order valence-electron chi connectivity index (χ1n) is 9.64. The van der Waals surface area contributed by atoms with Crippen molar-refractivity contribution in [3.05, 3.63) is 75.0 Å². The molecule has 0 bridgehead atoms. The number of carbonyl (C=O) groups is 1. The number of amides is 1.